The van der Waals surface area contributed by atoms with E-state index >= 15 is 0 Å². The summed E-state index contributed by atoms with van der Waals surface area (Å²) in [6, 6.07) is 0. The largest absolute Gasteiger partial charge is 0.347 e. The molecule has 0 radical (unpaired) electrons. The number of carbonyl (C=O) groups excluding carboxylic acids is 1. The van der Waals surface area contributed by atoms with Gasteiger partial charge in [-0.05, 0) is 40.5 Å². The summed E-state index contributed by atoms with van der Waals surface area (Å²) in [4.78, 5) is 20.7. The maximum absolute atomic E-state index is 12.0. The lowest BCUT2D eigenvalue weighted by atomic mass is 10.1. The zero-order valence-electron chi connectivity index (χ0n) is 10.9. The second-order valence-electron chi connectivity index (χ2n) is 5.71. The van der Waals surface area contributed by atoms with E-state index < -0.39 is 0 Å². The fourth-order valence-corrected chi connectivity index (χ4v) is 1.65. The molecule has 1 aromatic heterocycles. The lowest BCUT2D eigenvalue weighted by molar-refractivity contribution is 0.0918. The van der Waals surface area contributed by atoms with Gasteiger partial charge in [0.25, 0.3) is 5.91 Å². The van der Waals surface area contributed by atoms with Gasteiger partial charge in [-0.2, -0.15) is 0 Å². The van der Waals surface area contributed by atoms with Crippen LogP contribution in [0.4, 0.5) is 0 Å². The van der Waals surface area contributed by atoms with Crippen molar-refractivity contribution in [2.45, 2.75) is 52.0 Å². The Kier molecular flexibility index (Phi) is 2.89. The summed E-state index contributed by atoms with van der Waals surface area (Å²) >= 11 is 0. The minimum Gasteiger partial charge on any atom is -0.347 e. The fourth-order valence-electron chi connectivity index (χ4n) is 1.65. The van der Waals surface area contributed by atoms with Gasteiger partial charge in [-0.25, -0.2) is 9.97 Å². The molecular formula is C13H19N3O. The van der Waals surface area contributed by atoms with Gasteiger partial charge in [0.05, 0.1) is 11.3 Å². The van der Waals surface area contributed by atoms with E-state index in [1.54, 1.807) is 6.20 Å². The molecular weight excluding hydrogens is 214 g/mol. The van der Waals surface area contributed by atoms with Crippen LogP contribution in [0.5, 0.6) is 0 Å². The molecule has 0 aliphatic heterocycles. The lowest BCUT2D eigenvalue weighted by Crippen LogP contribution is -2.41. The molecule has 1 aliphatic carbocycles. The number of hydrogen-bond acceptors (Lipinski definition) is 3. The van der Waals surface area contributed by atoms with Gasteiger partial charge in [-0.1, -0.05) is 0 Å². The number of nitrogens with zero attached hydrogens (tertiary/aromatic N) is 2. The van der Waals surface area contributed by atoms with Crippen molar-refractivity contribution >= 4 is 5.91 Å². The highest BCUT2D eigenvalue weighted by Crippen LogP contribution is 2.37. The predicted octanol–water partition coefficient (Wildman–Crippen LogP) is 2.19. The summed E-state index contributed by atoms with van der Waals surface area (Å²) in [6.45, 7) is 7.74. The molecule has 1 aliphatic rings. The van der Waals surface area contributed by atoms with Crippen LogP contribution in [0, 0.1) is 6.92 Å². The first-order valence-electron chi connectivity index (χ1n) is 6.03. The van der Waals surface area contributed by atoms with Gasteiger partial charge in [-0.15, -0.1) is 0 Å². The van der Waals surface area contributed by atoms with E-state index in [9.17, 15) is 4.79 Å². The Morgan fingerprint density at radius 1 is 1.41 bits per heavy atom. The van der Waals surface area contributed by atoms with Gasteiger partial charge in [0.15, 0.2) is 0 Å². The van der Waals surface area contributed by atoms with Gasteiger partial charge in [0, 0.05) is 17.7 Å². The van der Waals surface area contributed by atoms with Crippen molar-refractivity contribution in [3.63, 3.8) is 0 Å². The monoisotopic (exact) mass is 233 g/mol. The topological polar surface area (TPSA) is 54.9 Å². The normalized spacial score (nSPS) is 15.8. The number of hydrogen-bond donors (Lipinski definition) is 1. The molecule has 1 heterocycles. The second-order valence-corrected chi connectivity index (χ2v) is 5.71. The molecule has 1 aromatic rings. The van der Waals surface area contributed by atoms with Crippen molar-refractivity contribution in [1.82, 2.24) is 15.3 Å². The molecule has 92 valence electrons. The summed E-state index contributed by atoms with van der Waals surface area (Å²) in [6.07, 6.45) is 4.00. The number of rotatable bonds is 2. The first-order chi connectivity index (χ1) is 7.87. The first-order valence-corrected chi connectivity index (χ1v) is 6.03. The van der Waals surface area contributed by atoms with Gasteiger partial charge >= 0.3 is 0 Å². The number of aromatic nitrogens is 2. The van der Waals surface area contributed by atoms with E-state index in [-0.39, 0.29) is 11.4 Å². The maximum Gasteiger partial charge on any atom is 0.255 e. The van der Waals surface area contributed by atoms with Crippen molar-refractivity contribution in [3.8, 4) is 0 Å². The Hall–Kier alpha value is -1.45. The summed E-state index contributed by atoms with van der Waals surface area (Å²) in [5.74, 6) is 1.31. The van der Waals surface area contributed by atoms with Crippen molar-refractivity contribution in [2.75, 3.05) is 0 Å². The van der Waals surface area contributed by atoms with Crippen LogP contribution < -0.4 is 5.32 Å². The zero-order valence-corrected chi connectivity index (χ0v) is 10.9. The third kappa shape index (κ3) is 3.02. The molecule has 0 unspecified atom stereocenters. The molecule has 1 N–H and O–H groups in total. The fraction of sp³-hybridized carbons (Fsp3) is 0.615. The molecule has 0 aromatic carbocycles. The van der Waals surface area contributed by atoms with Crippen LogP contribution in [-0.2, 0) is 0 Å². The summed E-state index contributed by atoms with van der Waals surface area (Å²) < 4.78 is 0. The molecule has 0 bridgehead atoms. The Morgan fingerprint density at radius 2 is 2.06 bits per heavy atom. The third-order valence-corrected chi connectivity index (χ3v) is 2.67. The van der Waals surface area contributed by atoms with Crippen LogP contribution in [0.2, 0.25) is 0 Å². The lowest BCUT2D eigenvalue weighted by Gasteiger charge is -2.20. The molecule has 4 heteroatoms. The molecule has 1 amide bonds. The average molecular weight is 233 g/mol. The van der Waals surface area contributed by atoms with E-state index in [4.69, 9.17) is 0 Å². The second kappa shape index (κ2) is 4.09. The maximum atomic E-state index is 12.0. The van der Waals surface area contributed by atoms with Crippen molar-refractivity contribution in [1.29, 1.82) is 0 Å². The summed E-state index contributed by atoms with van der Waals surface area (Å²) in [7, 11) is 0. The average Bonchev–Trinajstić information content (AvgIpc) is 2.97. The van der Waals surface area contributed by atoms with E-state index in [1.807, 2.05) is 27.7 Å². The van der Waals surface area contributed by atoms with Crippen LogP contribution >= 0.6 is 0 Å². The molecule has 1 saturated carbocycles. The Bertz CT molecular complexity index is 444. The number of aryl methyl sites for hydroxylation is 1. The Labute approximate surface area is 102 Å². The number of nitrogens with one attached hydrogen (secondary N) is 1. The van der Waals surface area contributed by atoms with Crippen molar-refractivity contribution < 1.29 is 4.79 Å². The minimum atomic E-state index is -0.237. The van der Waals surface area contributed by atoms with E-state index in [2.05, 4.69) is 15.3 Å². The summed E-state index contributed by atoms with van der Waals surface area (Å²) in [5, 5.41) is 2.92. The van der Waals surface area contributed by atoms with Gasteiger partial charge in [0.1, 0.15) is 5.82 Å². The first kappa shape index (κ1) is 12.0. The van der Waals surface area contributed by atoms with Gasteiger partial charge in [0.2, 0.25) is 0 Å². The van der Waals surface area contributed by atoms with E-state index in [0.717, 1.165) is 11.5 Å². The smallest absolute Gasteiger partial charge is 0.255 e. The Morgan fingerprint density at radius 3 is 2.53 bits per heavy atom. The van der Waals surface area contributed by atoms with Crippen LogP contribution in [0.3, 0.4) is 0 Å². The SMILES string of the molecule is Cc1nc(C2CC2)ncc1C(=O)NC(C)(C)C. The number of carbonyl (C=O) groups is 1. The molecule has 17 heavy (non-hydrogen) atoms. The highest BCUT2D eigenvalue weighted by Gasteiger charge is 2.27. The minimum absolute atomic E-state index is 0.0997. The summed E-state index contributed by atoms with van der Waals surface area (Å²) in [5.41, 5.74) is 1.10. The Balaban J connectivity index is 2.18. The molecule has 1 fully saturated rings. The molecule has 4 nitrogen and oxygen atoms in total. The standard InChI is InChI=1S/C13H19N3O/c1-8-10(12(17)16-13(2,3)4)7-14-11(15-8)9-5-6-9/h7,9H,5-6H2,1-4H3,(H,16,17). The van der Waals surface area contributed by atoms with Crippen molar-refractivity contribution in [2.24, 2.45) is 0 Å². The number of amides is 1. The van der Waals surface area contributed by atoms with Crippen LogP contribution in [0.1, 0.15) is 61.4 Å². The molecule has 0 spiro atoms. The van der Waals surface area contributed by atoms with Gasteiger partial charge < -0.3 is 5.32 Å². The van der Waals surface area contributed by atoms with E-state index in [0.29, 0.717) is 11.5 Å². The van der Waals surface area contributed by atoms with Crippen molar-refractivity contribution in [3.05, 3.63) is 23.3 Å². The van der Waals surface area contributed by atoms with Gasteiger partial charge in [-0.3, -0.25) is 4.79 Å². The van der Waals surface area contributed by atoms with Crippen LogP contribution in [0.15, 0.2) is 6.20 Å². The molecule has 0 saturated heterocycles. The predicted molar refractivity (Wildman–Crippen MR) is 66.0 cm³/mol. The zero-order chi connectivity index (χ0) is 12.6. The highest BCUT2D eigenvalue weighted by molar-refractivity contribution is 5.95. The van der Waals surface area contributed by atoms with Crippen LogP contribution in [-0.4, -0.2) is 21.4 Å². The molecule has 0 atom stereocenters. The molecule has 2 rings (SSSR count). The highest BCUT2D eigenvalue weighted by atomic mass is 16.1. The van der Waals surface area contributed by atoms with Crippen LogP contribution in [0.25, 0.3) is 0 Å². The third-order valence-electron chi connectivity index (χ3n) is 2.67. The quantitative estimate of drug-likeness (QED) is 0.852. The van der Waals surface area contributed by atoms with E-state index in [1.165, 1.54) is 12.8 Å².